The average Bonchev–Trinajstić information content (AvgIpc) is 2.88. The molecule has 1 aromatic heterocycles. The molecule has 104 valence electrons. The molecule has 1 heterocycles. The predicted molar refractivity (Wildman–Crippen MR) is 81.8 cm³/mol. The number of halogens is 1. The van der Waals surface area contributed by atoms with Gasteiger partial charge in [0.25, 0.3) is 0 Å². The van der Waals surface area contributed by atoms with Gasteiger partial charge in [0.1, 0.15) is 5.82 Å². The minimum atomic E-state index is -0.257. The van der Waals surface area contributed by atoms with Crippen LogP contribution in [0.5, 0.6) is 0 Å². The zero-order valence-electron chi connectivity index (χ0n) is 11.4. The Labute approximate surface area is 123 Å². The number of nitrogens with two attached hydrogens (primary N) is 1. The van der Waals surface area contributed by atoms with E-state index in [1.807, 2.05) is 13.1 Å². The Kier molecular flexibility index (Phi) is 5.31. The third-order valence-electron chi connectivity index (χ3n) is 2.78. The first-order valence-corrected chi connectivity index (χ1v) is 7.29. The largest absolute Gasteiger partial charge is 0.320 e. The molecule has 0 radical (unpaired) electrons. The molecule has 20 heavy (non-hydrogen) atoms. The molecule has 2 aromatic rings. The van der Waals surface area contributed by atoms with Gasteiger partial charge in [-0.2, -0.15) is 11.3 Å². The molecular formula is C16H17FN2S. The molecule has 0 saturated carbocycles. The molecule has 0 saturated heterocycles. The lowest BCUT2D eigenvalue weighted by atomic mass is 10.1. The summed E-state index contributed by atoms with van der Waals surface area (Å²) in [6.07, 6.45) is 0. The number of rotatable bonds is 4. The van der Waals surface area contributed by atoms with E-state index in [1.54, 1.807) is 17.4 Å². The summed E-state index contributed by atoms with van der Waals surface area (Å²) in [5.74, 6) is 5.36. The second-order valence-corrected chi connectivity index (χ2v) is 5.44. The number of benzene rings is 1. The summed E-state index contributed by atoms with van der Waals surface area (Å²) >= 11 is 1.69. The monoisotopic (exact) mass is 288 g/mol. The number of hydrogen-bond acceptors (Lipinski definition) is 3. The van der Waals surface area contributed by atoms with Crippen LogP contribution in [0.15, 0.2) is 35.0 Å². The minimum absolute atomic E-state index is 0.257. The fourth-order valence-electron chi connectivity index (χ4n) is 2.03. The first-order valence-electron chi connectivity index (χ1n) is 6.35. The van der Waals surface area contributed by atoms with E-state index in [4.69, 9.17) is 5.73 Å². The first-order chi connectivity index (χ1) is 9.67. The van der Waals surface area contributed by atoms with Crippen LogP contribution < -0.4 is 5.73 Å². The van der Waals surface area contributed by atoms with Crippen molar-refractivity contribution >= 4 is 11.3 Å². The second kappa shape index (κ2) is 7.20. The average molecular weight is 288 g/mol. The highest BCUT2D eigenvalue weighted by Gasteiger charge is 2.05. The molecule has 1 aromatic carbocycles. The summed E-state index contributed by atoms with van der Waals surface area (Å²) in [5, 5.41) is 4.19. The Morgan fingerprint density at radius 2 is 2.05 bits per heavy atom. The molecule has 2 N–H and O–H groups in total. The molecule has 0 aliphatic heterocycles. The lowest BCUT2D eigenvalue weighted by Gasteiger charge is -2.16. The zero-order chi connectivity index (χ0) is 14.4. The maximum Gasteiger partial charge on any atom is 0.124 e. The van der Waals surface area contributed by atoms with Crippen LogP contribution in [-0.4, -0.2) is 18.5 Å². The van der Waals surface area contributed by atoms with Crippen molar-refractivity contribution in [2.24, 2.45) is 5.73 Å². The Hall–Kier alpha value is -1.67. The van der Waals surface area contributed by atoms with Gasteiger partial charge in [-0.1, -0.05) is 11.8 Å². The highest BCUT2D eigenvalue weighted by Crippen LogP contribution is 2.13. The second-order valence-electron chi connectivity index (χ2n) is 4.66. The standard InChI is InChI=1S/C16H17FN2S/c1-19(10-14-4-6-20-12-14)11-15-7-13(3-2-5-18)8-16(17)9-15/h4,6-9,12H,5,10-11,18H2,1H3. The Balaban J connectivity index is 2.06. The quantitative estimate of drug-likeness (QED) is 0.877. The highest BCUT2D eigenvalue weighted by atomic mass is 32.1. The molecule has 0 aliphatic carbocycles. The first kappa shape index (κ1) is 14.7. The fraction of sp³-hybridized carbons (Fsp3) is 0.250. The van der Waals surface area contributed by atoms with Gasteiger partial charge in [0, 0.05) is 18.7 Å². The Morgan fingerprint density at radius 1 is 1.25 bits per heavy atom. The lowest BCUT2D eigenvalue weighted by Crippen LogP contribution is -2.17. The minimum Gasteiger partial charge on any atom is -0.320 e. The molecule has 0 unspecified atom stereocenters. The normalized spacial score (nSPS) is 10.4. The van der Waals surface area contributed by atoms with Crippen molar-refractivity contribution in [3.05, 3.63) is 57.5 Å². The van der Waals surface area contributed by atoms with E-state index in [1.165, 1.54) is 11.6 Å². The Bertz CT molecular complexity index is 611. The number of thiophene rings is 1. The van der Waals surface area contributed by atoms with E-state index in [2.05, 4.69) is 33.6 Å². The van der Waals surface area contributed by atoms with Crippen molar-refractivity contribution in [1.29, 1.82) is 0 Å². The summed E-state index contributed by atoms with van der Waals surface area (Å²) in [7, 11) is 2.02. The van der Waals surface area contributed by atoms with Crippen molar-refractivity contribution in [2.45, 2.75) is 13.1 Å². The van der Waals surface area contributed by atoms with Crippen LogP contribution in [0.2, 0.25) is 0 Å². The summed E-state index contributed by atoms with van der Waals surface area (Å²) in [6, 6.07) is 7.00. The van der Waals surface area contributed by atoms with Crippen molar-refractivity contribution < 1.29 is 4.39 Å². The van der Waals surface area contributed by atoms with Gasteiger partial charge >= 0.3 is 0 Å². The van der Waals surface area contributed by atoms with Gasteiger partial charge in [-0.05, 0) is 53.2 Å². The van der Waals surface area contributed by atoms with E-state index in [0.29, 0.717) is 12.1 Å². The van der Waals surface area contributed by atoms with Gasteiger partial charge in [0.2, 0.25) is 0 Å². The summed E-state index contributed by atoms with van der Waals surface area (Å²) in [5.41, 5.74) is 8.21. The van der Waals surface area contributed by atoms with Crippen LogP contribution >= 0.6 is 11.3 Å². The van der Waals surface area contributed by atoms with Crippen molar-refractivity contribution in [3.63, 3.8) is 0 Å². The van der Waals surface area contributed by atoms with Crippen LogP contribution in [-0.2, 0) is 13.1 Å². The van der Waals surface area contributed by atoms with E-state index in [0.717, 1.165) is 12.1 Å². The fourth-order valence-corrected chi connectivity index (χ4v) is 2.69. The van der Waals surface area contributed by atoms with Crippen molar-refractivity contribution in [1.82, 2.24) is 4.90 Å². The van der Waals surface area contributed by atoms with Gasteiger partial charge in [-0.15, -0.1) is 0 Å². The van der Waals surface area contributed by atoms with Gasteiger partial charge < -0.3 is 5.73 Å². The highest BCUT2D eigenvalue weighted by molar-refractivity contribution is 7.07. The molecule has 2 nitrogen and oxygen atoms in total. The Morgan fingerprint density at radius 3 is 2.75 bits per heavy atom. The third kappa shape index (κ3) is 4.46. The van der Waals surface area contributed by atoms with Crippen LogP contribution in [0.1, 0.15) is 16.7 Å². The number of nitrogens with zero attached hydrogens (tertiary/aromatic N) is 1. The third-order valence-corrected chi connectivity index (χ3v) is 3.51. The van der Waals surface area contributed by atoms with Crippen molar-refractivity contribution in [2.75, 3.05) is 13.6 Å². The van der Waals surface area contributed by atoms with E-state index in [9.17, 15) is 4.39 Å². The van der Waals surface area contributed by atoms with Crippen LogP contribution in [0.25, 0.3) is 0 Å². The zero-order valence-corrected chi connectivity index (χ0v) is 12.2. The molecule has 2 rings (SSSR count). The van der Waals surface area contributed by atoms with E-state index in [-0.39, 0.29) is 12.4 Å². The van der Waals surface area contributed by atoms with Gasteiger partial charge in [0.05, 0.1) is 6.54 Å². The molecule has 0 fully saturated rings. The number of hydrogen-bond donors (Lipinski definition) is 1. The van der Waals surface area contributed by atoms with Gasteiger partial charge in [0.15, 0.2) is 0 Å². The van der Waals surface area contributed by atoms with Crippen LogP contribution in [0.4, 0.5) is 4.39 Å². The molecule has 0 spiro atoms. The maximum absolute atomic E-state index is 13.6. The van der Waals surface area contributed by atoms with Gasteiger partial charge in [-0.3, -0.25) is 4.90 Å². The SMILES string of the molecule is CN(Cc1ccsc1)Cc1cc(F)cc(C#CCN)c1. The molecule has 0 bridgehead atoms. The summed E-state index contributed by atoms with van der Waals surface area (Å²) in [4.78, 5) is 2.15. The van der Waals surface area contributed by atoms with Crippen molar-refractivity contribution in [3.8, 4) is 11.8 Å². The molecular weight excluding hydrogens is 271 g/mol. The molecule has 0 amide bonds. The van der Waals surface area contributed by atoms with Crippen LogP contribution in [0.3, 0.4) is 0 Å². The maximum atomic E-state index is 13.6. The van der Waals surface area contributed by atoms with Gasteiger partial charge in [-0.25, -0.2) is 4.39 Å². The molecule has 0 aliphatic rings. The lowest BCUT2D eigenvalue weighted by molar-refractivity contribution is 0.319. The van der Waals surface area contributed by atoms with E-state index >= 15 is 0 Å². The predicted octanol–water partition coefficient (Wildman–Crippen LogP) is 2.83. The summed E-state index contributed by atoms with van der Waals surface area (Å²) in [6.45, 7) is 1.82. The molecule has 4 heteroatoms. The van der Waals surface area contributed by atoms with Crippen LogP contribution in [0, 0.1) is 17.7 Å². The van der Waals surface area contributed by atoms with E-state index < -0.39 is 0 Å². The smallest absolute Gasteiger partial charge is 0.124 e. The topological polar surface area (TPSA) is 29.3 Å². The molecule has 0 atom stereocenters. The summed E-state index contributed by atoms with van der Waals surface area (Å²) < 4.78 is 13.6.